The van der Waals surface area contributed by atoms with Crippen molar-refractivity contribution < 1.29 is 13.9 Å². The molecule has 0 spiro atoms. The number of nitrogens with zero attached hydrogens (tertiary/aromatic N) is 2. The molecule has 0 aliphatic carbocycles. The molecule has 1 atom stereocenters. The van der Waals surface area contributed by atoms with Gasteiger partial charge in [0.1, 0.15) is 11.9 Å². The van der Waals surface area contributed by atoms with Crippen molar-refractivity contribution in [3.05, 3.63) is 23.9 Å². The van der Waals surface area contributed by atoms with Crippen LogP contribution < -0.4 is 4.90 Å². The quantitative estimate of drug-likeness (QED) is 0.859. The van der Waals surface area contributed by atoms with Gasteiger partial charge in [0.25, 0.3) is 6.43 Å². The van der Waals surface area contributed by atoms with Crippen molar-refractivity contribution in [3.8, 4) is 0 Å². The van der Waals surface area contributed by atoms with Crippen LogP contribution in [-0.2, 0) is 0 Å². The summed E-state index contributed by atoms with van der Waals surface area (Å²) in [6.45, 7) is 1.92. The van der Waals surface area contributed by atoms with Crippen molar-refractivity contribution in [2.75, 3.05) is 18.0 Å². The maximum Gasteiger partial charge on any atom is 0.268 e. The van der Waals surface area contributed by atoms with Gasteiger partial charge in [-0.25, -0.2) is 13.8 Å². The van der Waals surface area contributed by atoms with Crippen LogP contribution in [0.5, 0.6) is 0 Å². The standard InChI is InChI=1S/C11H14F2N2O/c12-11(13)10(16)8-3-4-9(14-7-8)15-5-1-2-6-15/h3-4,7,10-11,16H,1-2,5-6H2. The molecule has 16 heavy (non-hydrogen) atoms. The van der Waals surface area contributed by atoms with Crippen LogP contribution in [0, 0.1) is 0 Å². The number of alkyl halides is 2. The maximum atomic E-state index is 12.2. The van der Waals surface area contributed by atoms with Crippen molar-refractivity contribution in [3.63, 3.8) is 0 Å². The molecule has 1 aromatic rings. The van der Waals surface area contributed by atoms with E-state index in [1.807, 2.05) is 0 Å². The summed E-state index contributed by atoms with van der Waals surface area (Å²) in [6, 6.07) is 3.20. The van der Waals surface area contributed by atoms with E-state index in [9.17, 15) is 8.78 Å². The molecule has 1 unspecified atom stereocenters. The van der Waals surface area contributed by atoms with Gasteiger partial charge in [-0.05, 0) is 18.9 Å². The molecule has 3 nitrogen and oxygen atoms in total. The summed E-state index contributed by atoms with van der Waals surface area (Å²) in [4.78, 5) is 6.21. The minimum atomic E-state index is -2.76. The van der Waals surface area contributed by atoms with Gasteiger partial charge in [0.15, 0.2) is 0 Å². The van der Waals surface area contributed by atoms with Gasteiger partial charge in [-0.1, -0.05) is 6.07 Å². The number of halogens is 2. The number of rotatable bonds is 3. The summed E-state index contributed by atoms with van der Waals surface area (Å²) in [5.41, 5.74) is 0.165. The molecule has 0 aromatic carbocycles. The van der Waals surface area contributed by atoms with Gasteiger partial charge in [-0.15, -0.1) is 0 Å². The molecule has 0 bridgehead atoms. The van der Waals surface area contributed by atoms with Crippen LogP contribution in [0.2, 0.25) is 0 Å². The number of aliphatic hydroxyl groups is 1. The van der Waals surface area contributed by atoms with Crippen molar-refractivity contribution in [1.29, 1.82) is 0 Å². The van der Waals surface area contributed by atoms with E-state index in [-0.39, 0.29) is 5.56 Å². The van der Waals surface area contributed by atoms with Gasteiger partial charge >= 0.3 is 0 Å². The predicted octanol–water partition coefficient (Wildman–Crippen LogP) is 1.98. The second-order valence-corrected chi connectivity index (χ2v) is 3.92. The fourth-order valence-corrected chi connectivity index (χ4v) is 1.85. The first-order chi connectivity index (χ1) is 7.68. The summed E-state index contributed by atoms with van der Waals surface area (Å²) in [7, 11) is 0. The van der Waals surface area contributed by atoms with Crippen LogP contribution in [0.25, 0.3) is 0 Å². The van der Waals surface area contributed by atoms with Gasteiger partial charge in [0, 0.05) is 24.8 Å². The molecule has 0 radical (unpaired) electrons. The molecule has 0 saturated carbocycles. The molecule has 1 N–H and O–H groups in total. The van der Waals surface area contributed by atoms with E-state index in [1.54, 1.807) is 6.07 Å². The van der Waals surface area contributed by atoms with Crippen LogP contribution in [0.4, 0.5) is 14.6 Å². The van der Waals surface area contributed by atoms with E-state index in [0.717, 1.165) is 31.7 Å². The Bertz CT molecular complexity index is 315. The number of pyridine rings is 1. The second kappa shape index (κ2) is 4.74. The lowest BCUT2D eigenvalue weighted by Crippen LogP contribution is -2.19. The average Bonchev–Trinajstić information content (AvgIpc) is 2.81. The molecule has 5 heteroatoms. The highest BCUT2D eigenvalue weighted by molar-refractivity contribution is 5.40. The van der Waals surface area contributed by atoms with E-state index in [2.05, 4.69) is 9.88 Å². The summed E-state index contributed by atoms with van der Waals surface area (Å²) >= 11 is 0. The molecule has 1 aromatic heterocycles. The van der Waals surface area contributed by atoms with Gasteiger partial charge < -0.3 is 10.0 Å². The Balaban J connectivity index is 2.09. The molecule has 88 valence electrons. The van der Waals surface area contributed by atoms with Crippen molar-refractivity contribution in [1.82, 2.24) is 4.98 Å². The van der Waals surface area contributed by atoms with Crippen LogP contribution in [0.3, 0.4) is 0 Å². The van der Waals surface area contributed by atoms with Gasteiger partial charge in [-0.2, -0.15) is 0 Å². The average molecular weight is 228 g/mol. The molecule has 2 heterocycles. The second-order valence-electron chi connectivity index (χ2n) is 3.92. The number of aliphatic hydroxyl groups excluding tert-OH is 1. The lowest BCUT2D eigenvalue weighted by Gasteiger charge is -2.17. The summed E-state index contributed by atoms with van der Waals surface area (Å²) in [5.74, 6) is 0.794. The largest absolute Gasteiger partial charge is 0.382 e. The van der Waals surface area contributed by atoms with Gasteiger partial charge in [0.05, 0.1) is 0 Å². The highest BCUT2D eigenvalue weighted by Crippen LogP contribution is 2.23. The molecular weight excluding hydrogens is 214 g/mol. The fourth-order valence-electron chi connectivity index (χ4n) is 1.85. The monoisotopic (exact) mass is 228 g/mol. The Morgan fingerprint density at radius 2 is 1.94 bits per heavy atom. The molecule has 1 fully saturated rings. The first kappa shape index (κ1) is 11.3. The Morgan fingerprint density at radius 1 is 1.25 bits per heavy atom. The minimum absolute atomic E-state index is 0.165. The first-order valence-corrected chi connectivity index (χ1v) is 5.35. The molecular formula is C11H14F2N2O. The van der Waals surface area contributed by atoms with Crippen LogP contribution in [-0.4, -0.2) is 29.6 Å². The van der Waals surface area contributed by atoms with E-state index in [4.69, 9.17) is 5.11 Å². The SMILES string of the molecule is OC(c1ccc(N2CCCC2)nc1)C(F)F. The predicted molar refractivity (Wildman–Crippen MR) is 56.6 cm³/mol. The smallest absolute Gasteiger partial charge is 0.268 e. The zero-order chi connectivity index (χ0) is 11.5. The first-order valence-electron chi connectivity index (χ1n) is 5.35. The maximum absolute atomic E-state index is 12.2. The van der Waals surface area contributed by atoms with Gasteiger partial charge in [0.2, 0.25) is 0 Å². The third-order valence-corrected chi connectivity index (χ3v) is 2.78. The van der Waals surface area contributed by atoms with E-state index < -0.39 is 12.5 Å². The van der Waals surface area contributed by atoms with Crippen LogP contribution in [0.1, 0.15) is 24.5 Å². The third kappa shape index (κ3) is 2.29. The Kier molecular flexibility index (Phi) is 3.33. The highest BCUT2D eigenvalue weighted by Gasteiger charge is 2.20. The molecule has 0 amide bonds. The molecule has 1 aliphatic rings. The topological polar surface area (TPSA) is 36.4 Å². The fraction of sp³-hybridized carbons (Fsp3) is 0.545. The molecule has 1 aliphatic heterocycles. The summed E-state index contributed by atoms with van der Waals surface area (Å²) < 4.78 is 24.5. The van der Waals surface area contributed by atoms with E-state index in [1.165, 1.54) is 12.3 Å². The van der Waals surface area contributed by atoms with E-state index in [0.29, 0.717) is 0 Å². The zero-order valence-electron chi connectivity index (χ0n) is 8.81. The third-order valence-electron chi connectivity index (χ3n) is 2.78. The van der Waals surface area contributed by atoms with Crippen LogP contribution >= 0.6 is 0 Å². The Labute approximate surface area is 92.7 Å². The lowest BCUT2D eigenvalue weighted by atomic mass is 10.2. The highest BCUT2D eigenvalue weighted by atomic mass is 19.3. The molecule has 1 saturated heterocycles. The van der Waals surface area contributed by atoms with Crippen molar-refractivity contribution in [2.24, 2.45) is 0 Å². The zero-order valence-corrected chi connectivity index (χ0v) is 8.81. The Morgan fingerprint density at radius 3 is 2.44 bits per heavy atom. The van der Waals surface area contributed by atoms with Crippen molar-refractivity contribution in [2.45, 2.75) is 25.4 Å². The summed E-state index contributed by atoms with van der Waals surface area (Å²) in [5, 5.41) is 9.15. The number of anilines is 1. The lowest BCUT2D eigenvalue weighted by molar-refractivity contribution is -0.00595. The molecule has 2 rings (SSSR count). The summed E-state index contributed by atoms with van der Waals surface area (Å²) in [6.07, 6.45) is -0.893. The normalized spacial score (nSPS) is 18.1. The number of hydrogen-bond donors (Lipinski definition) is 1. The number of aromatic nitrogens is 1. The van der Waals surface area contributed by atoms with Crippen molar-refractivity contribution >= 4 is 5.82 Å². The van der Waals surface area contributed by atoms with Gasteiger partial charge in [-0.3, -0.25) is 0 Å². The van der Waals surface area contributed by atoms with E-state index >= 15 is 0 Å². The van der Waals surface area contributed by atoms with Crippen LogP contribution in [0.15, 0.2) is 18.3 Å². The Hall–Kier alpha value is -1.23. The number of hydrogen-bond acceptors (Lipinski definition) is 3. The minimum Gasteiger partial charge on any atom is -0.382 e.